The lowest BCUT2D eigenvalue weighted by Crippen LogP contribution is -2.21. The van der Waals surface area contributed by atoms with Crippen molar-refractivity contribution in [1.82, 2.24) is 24.6 Å². The lowest BCUT2D eigenvalue weighted by molar-refractivity contribution is 0.150. The van der Waals surface area contributed by atoms with Crippen LogP contribution in [-0.4, -0.2) is 58.6 Å². The van der Waals surface area contributed by atoms with Crippen LogP contribution in [0, 0.1) is 0 Å². The molecule has 0 saturated heterocycles. The van der Waals surface area contributed by atoms with Gasteiger partial charge in [0, 0.05) is 24.0 Å². The number of aromatic nitrogens is 3. The van der Waals surface area contributed by atoms with E-state index < -0.39 is 6.23 Å². The number of aliphatic hydroxyl groups is 1. The molecule has 1 aromatic carbocycles. The van der Waals surface area contributed by atoms with Crippen LogP contribution in [-0.2, 0) is 0 Å². The monoisotopic (exact) mass is 364 g/mol. The lowest BCUT2D eigenvalue weighted by atomic mass is 10.1. The molecule has 0 fully saturated rings. The average molecular weight is 364 g/mol. The Labute approximate surface area is 157 Å². The highest BCUT2D eigenvalue weighted by molar-refractivity contribution is 5.90. The number of para-hydroxylation sites is 2. The van der Waals surface area contributed by atoms with E-state index >= 15 is 0 Å². The predicted molar refractivity (Wildman–Crippen MR) is 109 cm³/mol. The first-order chi connectivity index (χ1) is 13.1. The molecule has 7 nitrogen and oxygen atoms in total. The number of imidazole rings is 1. The summed E-state index contributed by atoms with van der Waals surface area (Å²) in [4.78, 5) is 11.7. The van der Waals surface area contributed by atoms with Crippen molar-refractivity contribution in [2.24, 2.45) is 0 Å². The largest absolute Gasteiger partial charge is 0.374 e. The van der Waals surface area contributed by atoms with Crippen molar-refractivity contribution >= 4 is 33.5 Å². The number of hydrogen-bond acceptors (Lipinski definition) is 6. The molecule has 1 unspecified atom stereocenters. The number of fused-ring (bicyclic) bond motifs is 5. The minimum Gasteiger partial charge on any atom is -0.374 e. The van der Waals surface area contributed by atoms with Gasteiger partial charge in [0.1, 0.15) is 23.3 Å². The minimum absolute atomic E-state index is 0.712. The van der Waals surface area contributed by atoms with Crippen molar-refractivity contribution in [3.8, 4) is 0 Å². The Hall–Kier alpha value is -2.74. The Balaban J connectivity index is 1.94. The Kier molecular flexibility index (Phi) is 4.65. The molecular formula is C20H24N6O. The average Bonchev–Trinajstić information content (AvgIpc) is 3.06. The van der Waals surface area contributed by atoms with Crippen LogP contribution in [0.25, 0.3) is 27.7 Å². The van der Waals surface area contributed by atoms with Crippen LogP contribution in [0.1, 0.15) is 11.8 Å². The number of likely N-dealkylation sites (N-methyl/N-ethyl adjacent to an activating group) is 1. The van der Waals surface area contributed by atoms with Crippen LogP contribution in [0.2, 0.25) is 0 Å². The van der Waals surface area contributed by atoms with Crippen molar-refractivity contribution in [1.29, 1.82) is 0 Å². The van der Waals surface area contributed by atoms with Gasteiger partial charge < -0.3 is 15.3 Å². The zero-order chi connectivity index (χ0) is 19.0. The topological polar surface area (TPSA) is 77.7 Å². The molecule has 0 aliphatic heterocycles. The first kappa shape index (κ1) is 17.7. The van der Waals surface area contributed by atoms with Crippen molar-refractivity contribution in [2.75, 3.05) is 39.5 Å². The highest BCUT2D eigenvalue weighted by Crippen LogP contribution is 2.28. The molecule has 0 saturated carbocycles. The molecule has 0 aliphatic carbocycles. The molecule has 0 aliphatic rings. The van der Waals surface area contributed by atoms with Gasteiger partial charge in [0.2, 0.25) is 0 Å². The van der Waals surface area contributed by atoms with Gasteiger partial charge in [-0.3, -0.25) is 9.72 Å². The predicted octanol–water partition coefficient (Wildman–Crippen LogP) is 2.22. The number of nitrogens with one attached hydrogen (secondary N) is 2. The van der Waals surface area contributed by atoms with E-state index in [1.807, 2.05) is 61.0 Å². The van der Waals surface area contributed by atoms with Gasteiger partial charge in [-0.05, 0) is 51.5 Å². The summed E-state index contributed by atoms with van der Waals surface area (Å²) >= 11 is 0. The summed E-state index contributed by atoms with van der Waals surface area (Å²) in [7, 11) is 5.82. The van der Waals surface area contributed by atoms with E-state index in [0.29, 0.717) is 5.65 Å². The van der Waals surface area contributed by atoms with Gasteiger partial charge in [0.05, 0.1) is 11.0 Å². The summed E-state index contributed by atoms with van der Waals surface area (Å²) in [6, 6.07) is 13.9. The standard InChI is InChI=1S/C20H24N6O/c1-21-20(27)14-12-13-8-9-17(22-10-11-25(2)3)24-18(13)26-16-7-5-4-6-15(16)23-19(14)26/h4-9,12,20-21,27H,10-11H2,1-3H3,(H,22,24). The molecule has 3 aromatic heterocycles. The highest BCUT2D eigenvalue weighted by Gasteiger charge is 2.17. The molecular weight excluding hydrogens is 340 g/mol. The summed E-state index contributed by atoms with van der Waals surface area (Å²) in [5.41, 5.74) is 4.11. The zero-order valence-corrected chi connectivity index (χ0v) is 15.8. The number of aliphatic hydroxyl groups excluding tert-OH is 1. The summed E-state index contributed by atoms with van der Waals surface area (Å²) in [6.45, 7) is 1.74. The maximum absolute atomic E-state index is 10.4. The van der Waals surface area contributed by atoms with E-state index in [2.05, 4.69) is 15.5 Å². The Bertz CT molecular complexity index is 1100. The fourth-order valence-electron chi connectivity index (χ4n) is 3.28. The number of hydrogen-bond donors (Lipinski definition) is 3. The van der Waals surface area contributed by atoms with E-state index in [1.165, 1.54) is 0 Å². The second-order valence-corrected chi connectivity index (χ2v) is 6.89. The first-order valence-corrected chi connectivity index (χ1v) is 9.03. The smallest absolute Gasteiger partial charge is 0.148 e. The van der Waals surface area contributed by atoms with Gasteiger partial charge in [0.25, 0.3) is 0 Å². The van der Waals surface area contributed by atoms with E-state index in [9.17, 15) is 5.11 Å². The minimum atomic E-state index is -0.799. The first-order valence-electron chi connectivity index (χ1n) is 9.03. The number of benzene rings is 1. The van der Waals surface area contributed by atoms with Gasteiger partial charge in [0.15, 0.2) is 0 Å². The van der Waals surface area contributed by atoms with Gasteiger partial charge in [-0.1, -0.05) is 12.1 Å². The molecule has 0 bridgehead atoms. The molecule has 4 aromatic rings. The molecule has 4 rings (SSSR count). The molecule has 0 amide bonds. The maximum atomic E-state index is 10.4. The molecule has 27 heavy (non-hydrogen) atoms. The Morgan fingerprint density at radius 1 is 1.11 bits per heavy atom. The summed E-state index contributed by atoms with van der Waals surface area (Å²) in [5.74, 6) is 0.824. The molecule has 7 heteroatoms. The SMILES string of the molecule is CNC(O)c1cc2ccc(NCCN(C)C)nc2n2c1nc1ccccc12. The van der Waals surface area contributed by atoms with E-state index in [4.69, 9.17) is 9.97 Å². The second-order valence-electron chi connectivity index (χ2n) is 6.89. The quantitative estimate of drug-likeness (QED) is 0.456. The fraction of sp³-hybridized carbons (Fsp3) is 0.300. The van der Waals surface area contributed by atoms with Crippen LogP contribution >= 0.6 is 0 Å². The van der Waals surface area contributed by atoms with Gasteiger partial charge in [-0.2, -0.15) is 0 Å². The number of anilines is 1. The van der Waals surface area contributed by atoms with Crippen molar-refractivity contribution in [2.45, 2.75) is 6.23 Å². The van der Waals surface area contributed by atoms with Crippen molar-refractivity contribution in [3.05, 3.63) is 48.0 Å². The number of nitrogens with zero attached hydrogens (tertiary/aromatic N) is 4. The van der Waals surface area contributed by atoms with Crippen molar-refractivity contribution < 1.29 is 5.11 Å². The van der Waals surface area contributed by atoms with Gasteiger partial charge in [-0.25, -0.2) is 9.97 Å². The second kappa shape index (κ2) is 7.11. The zero-order valence-electron chi connectivity index (χ0n) is 15.8. The molecule has 3 N–H and O–H groups in total. The molecule has 140 valence electrons. The molecule has 0 spiro atoms. The van der Waals surface area contributed by atoms with Gasteiger partial charge >= 0.3 is 0 Å². The van der Waals surface area contributed by atoms with Crippen LogP contribution in [0.5, 0.6) is 0 Å². The highest BCUT2D eigenvalue weighted by atomic mass is 16.3. The molecule has 3 heterocycles. The van der Waals surface area contributed by atoms with Crippen molar-refractivity contribution in [3.63, 3.8) is 0 Å². The number of rotatable bonds is 6. The number of pyridine rings is 2. The third-order valence-electron chi connectivity index (χ3n) is 4.68. The Morgan fingerprint density at radius 2 is 1.93 bits per heavy atom. The molecule has 0 radical (unpaired) electrons. The van der Waals surface area contributed by atoms with Crippen LogP contribution in [0.4, 0.5) is 5.82 Å². The normalized spacial score (nSPS) is 13.1. The van der Waals surface area contributed by atoms with Gasteiger partial charge in [-0.15, -0.1) is 0 Å². The van der Waals surface area contributed by atoms with E-state index in [-0.39, 0.29) is 0 Å². The molecule has 1 atom stereocenters. The van der Waals surface area contributed by atoms with Crippen LogP contribution in [0.15, 0.2) is 42.5 Å². The fourth-order valence-corrected chi connectivity index (χ4v) is 3.28. The van der Waals surface area contributed by atoms with E-state index in [0.717, 1.165) is 46.5 Å². The summed E-state index contributed by atoms with van der Waals surface area (Å²) in [6.07, 6.45) is -0.799. The summed E-state index contributed by atoms with van der Waals surface area (Å²) in [5, 5.41) is 17.7. The van der Waals surface area contributed by atoms with Crippen LogP contribution in [0.3, 0.4) is 0 Å². The van der Waals surface area contributed by atoms with E-state index in [1.54, 1.807) is 7.05 Å². The third-order valence-corrected chi connectivity index (χ3v) is 4.68. The Morgan fingerprint density at radius 3 is 2.70 bits per heavy atom. The maximum Gasteiger partial charge on any atom is 0.148 e. The third kappa shape index (κ3) is 3.21. The summed E-state index contributed by atoms with van der Waals surface area (Å²) < 4.78 is 2.03. The van der Waals surface area contributed by atoms with Crippen LogP contribution < -0.4 is 10.6 Å². The lowest BCUT2D eigenvalue weighted by Gasteiger charge is -2.14.